The average molecular weight is 316 g/mol. The summed E-state index contributed by atoms with van der Waals surface area (Å²) in [7, 11) is -4.00. The Hall–Kier alpha value is -1.55. The maximum Gasteiger partial charge on any atom is 0.271 e. The van der Waals surface area contributed by atoms with Crippen LogP contribution >= 0.6 is 0 Å². The van der Waals surface area contributed by atoms with Gasteiger partial charge in [-0.2, -0.15) is 4.31 Å². The molecule has 116 valence electrons. The van der Waals surface area contributed by atoms with Crippen LogP contribution in [0, 0.1) is 24.0 Å². The minimum atomic E-state index is -4.00. The van der Waals surface area contributed by atoms with E-state index < -0.39 is 27.2 Å². The molecule has 1 heterocycles. The van der Waals surface area contributed by atoms with E-state index in [2.05, 4.69) is 0 Å². The van der Waals surface area contributed by atoms with Gasteiger partial charge in [0.15, 0.2) is 0 Å². The van der Waals surface area contributed by atoms with Gasteiger partial charge in [-0.1, -0.05) is 0 Å². The van der Waals surface area contributed by atoms with Crippen LogP contribution in [0.3, 0.4) is 0 Å². The van der Waals surface area contributed by atoms with Gasteiger partial charge in [-0.3, -0.25) is 10.1 Å². The molecule has 2 N–H and O–H groups in total. The summed E-state index contributed by atoms with van der Waals surface area (Å²) in [6, 6.07) is 2.32. The summed E-state index contributed by atoms with van der Waals surface area (Å²) in [5.41, 5.74) is 0.594. The molecule has 0 spiro atoms. The first-order valence-corrected chi connectivity index (χ1v) is 7.70. The second kappa shape index (κ2) is 5.34. The van der Waals surface area contributed by atoms with E-state index in [-0.39, 0.29) is 23.7 Å². The molecule has 0 unspecified atom stereocenters. The van der Waals surface area contributed by atoms with Crippen LogP contribution in [0.5, 0.6) is 0 Å². The van der Waals surface area contributed by atoms with Crippen molar-refractivity contribution in [3.63, 3.8) is 0 Å². The van der Waals surface area contributed by atoms with Gasteiger partial charge in [0.25, 0.3) is 5.69 Å². The highest BCUT2D eigenvalue weighted by Gasteiger charge is 2.38. The summed E-state index contributed by atoms with van der Waals surface area (Å²) in [5.74, 6) is 0. The fraction of sp³-hybridized carbons (Fsp3) is 0.500. The van der Waals surface area contributed by atoms with Crippen molar-refractivity contribution in [2.45, 2.75) is 31.0 Å². The second-order valence-electron chi connectivity index (χ2n) is 5.10. The number of sulfonamides is 1. The van der Waals surface area contributed by atoms with Gasteiger partial charge in [0.1, 0.15) is 0 Å². The van der Waals surface area contributed by atoms with E-state index in [1.165, 1.54) is 6.07 Å². The van der Waals surface area contributed by atoms with Crippen LogP contribution in [-0.4, -0.2) is 53.2 Å². The Morgan fingerprint density at radius 1 is 1.24 bits per heavy atom. The lowest BCUT2D eigenvalue weighted by Crippen LogP contribution is -2.30. The lowest BCUT2D eigenvalue weighted by molar-refractivity contribution is -0.385. The van der Waals surface area contributed by atoms with Crippen molar-refractivity contribution in [3.8, 4) is 0 Å². The Morgan fingerprint density at radius 2 is 1.76 bits per heavy atom. The van der Waals surface area contributed by atoms with E-state index in [0.29, 0.717) is 11.1 Å². The number of β-amino-alcohol motifs (C(OH)–C–C–N with tert-alkyl or cyclic N) is 2. The molecule has 1 aliphatic rings. The summed E-state index contributed by atoms with van der Waals surface area (Å²) < 4.78 is 26.0. The van der Waals surface area contributed by atoms with E-state index in [1.807, 2.05) is 0 Å². The van der Waals surface area contributed by atoms with Gasteiger partial charge >= 0.3 is 0 Å². The number of nitro groups is 1. The minimum Gasteiger partial charge on any atom is -0.389 e. The van der Waals surface area contributed by atoms with Gasteiger partial charge in [0.2, 0.25) is 10.0 Å². The average Bonchev–Trinajstić information content (AvgIpc) is 2.73. The number of hydrogen-bond acceptors (Lipinski definition) is 6. The molecule has 0 radical (unpaired) electrons. The molecule has 1 aromatic carbocycles. The zero-order valence-corrected chi connectivity index (χ0v) is 12.4. The predicted octanol–water partition coefficient (Wildman–Crippen LogP) is -0.0623. The fourth-order valence-corrected chi connectivity index (χ4v) is 4.05. The second-order valence-corrected chi connectivity index (χ2v) is 7.01. The summed E-state index contributed by atoms with van der Waals surface area (Å²) in [6.07, 6.45) is -2.31. The summed E-state index contributed by atoms with van der Waals surface area (Å²) in [6.45, 7) is 2.69. The predicted molar refractivity (Wildman–Crippen MR) is 73.3 cm³/mol. The zero-order chi connectivity index (χ0) is 15.9. The maximum absolute atomic E-state index is 12.6. The lowest BCUT2D eigenvalue weighted by atomic mass is 10.1. The van der Waals surface area contributed by atoms with E-state index in [0.717, 1.165) is 10.4 Å². The minimum absolute atomic E-state index is 0.171. The lowest BCUT2D eigenvalue weighted by Gasteiger charge is -2.18. The molecule has 1 aromatic rings. The molecule has 1 saturated heterocycles. The van der Waals surface area contributed by atoms with Gasteiger partial charge in [-0.05, 0) is 25.0 Å². The highest BCUT2D eigenvalue weighted by Crippen LogP contribution is 2.29. The highest BCUT2D eigenvalue weighted by atomic mass is 32.2. The number of aliphatic hydroxyl groups excluding tert-OH is 2. The van der Waals surface area contributed by atoms with Crippen LogP contribution in [0.4, 0.5) is 5.69 Å². The first-order chi connectivity index (χ1) is 9.64. The quantitative estimate of drug-likeness (QED) is 0.595. The van der Waals surface area contributed by atoms with Crippen molar-refractivity contribution >= 4 is 15.7 Å². The molecular weight excluding hydrogens is 300 g/mol. The Bertz CT molecular complexity index is 677. The van der Waals surface area contributed by atoms with E-state index in [4.69, 9.17) is 0 Å². The standard InChI is InChI=1S/C12H16N2O6S/c1-7-3-9(14(17)18)4-12(8(7)2)21(19,20)13-5-10(15)11(16)6-13/h3-4,10-11,15-16H,5-6H2,1-2H3/t10-,11+. The third-order valence-corrected chi connectivity index (χ3v) is 5.62. The molecule has 0 aliphatic carbocycles. The number of nitro benzene ring substituents is 1. The molecule has 1 aliphatic heterocycles. The molecule has 2 atom stereocenters. The molecule has 1 fully saturated rings. The summed E-state index contributed by atoms with van der Waals surface area (Å²) >= 11 is 0. The Kier molecular flexibility index (Phi) is 4.02. The number of aryl methyl sites for hydroxylation is 1. The summed E-state index contributed by atoms with van der Waals surface area (Å²) in [4.78, 5) is 10.1. The molecule has 0 amide bonds. The normalized spacial score (nSPS) is 23.4. The van der Waals surface area contributed by atoms with Gasteiger partial charge in [0.05, 0.1) is 22.0 Å². The smallest absolute Gasteiger partial charge is 0.271 e. The van der Waals surface area contributed by atoms with Crippen LogP contribution in [0.2, 0.25) is 0 Å². The van der Waals surface area contributed by atoms with E-state index in [9.17, 15) is 28.7 Å². The molecule has 2 rings (SSSR count). The molecular formula is C12H16N2O6S. The number of non-ortho nitro benzene ring substituents is 1. The van der Waals surface area contributed by atoms with Crippen LogP contribution < -0.4 is 0 Å². The van der Waals surface area contributed by atoms with Crippen LogP contribution in [0.25, 0.3) is 0 Å². The zero-order valence-electron chi connectivity index (χ0n) is 11.6. The topological polar surface area (TPSA) is 121 Å². The number of hydrogen-bond donors (Lipinski definition) is 2. The molecule has 0 bridgehead atoms. The number of nitrogens with zero attached hydrogens (tertiary/aromatic N) is 2. The van der Waals surface area contributed by atoms with Crippen molar-refractivity contribution in [3.05, 3.63) is 33.4 Å². The Morgan fingerprint density at radius 3 is 2.24 bits per heavy atom. The fourth-order valence-electron chi connectivity index (χ4n) is 2.25. The van der Waals surface area contributed by atoms with E-state index >= 15 is 0 Å². The van der Waals surface area contributed by atoms with Crippen molar-refractivity contribution in [1.29, 1.82) is 0 Å². The maximum atomic E-state index is 12.6. The van der Waals surface area contributed by atoms with Gasteiger partial charge in [0, 0.05) is 25.2 Å². The van der Waals surface area contributed by atoms with Crippen LogP contribution in [0.15, 0.2) is 17.0 Å². The molecule has 9 heteroatoms. The number of benzene rings is 1. The van der Waals surface area contributed by atoms with Gasteiger partial charge < -0.3 is 10.2 Å². The number of aliphatic hydroxyl groups is 2. The van der Waals surface area contributed by atoms with Crippen LogP contribution in [-0.2, 0) is 10.0 Å². The Balaban J connectivity index is 2.52. The Labute approximate surface area is 121 Å². The highest BCUT2D eigenvalue weighted by molar-refractivity contribution is 7.89. The van der Waals surface area contributed by atoms with Crippen LogP contribution in [0.1, 0.15) is 11.1 Å². The molecule has 0 saturated carbocycles. The largest absolute Gasteiger partial charge is 0.389 e. The van der Waals surface area contributed by atoms with Crippen molar-refractivity contribution in [2.24, 2.45) is 0 Å². The first kappa shape index (κ1) is 15.8. The van der Waals surface area contributed by atoms with Gasteiger partial charge in [-0.25, -0.2) is 8.42 Å². The third-order valence-electron chi connectivity index (χ3n) is 3.66. The van der Waals surface area contributed by atoms with Crippen molar-refractivity contribution < 1.29 is 23.6 Å². The summed E-state index contributed by atoms with van der Waals surface area (Å²) in [5, 5.41) is 29.8. The van der Waals surface area contributed by atoms with E-state index in [1.54, 1.807) is 13.8 Å². The third kappa shape index (κ3) is 2.77. The van der Waals surface area contributed by atoms with Gasteiger partial charge in [-0.15, -0.1) is 0 Å². The monoisotopic (exact) mass is 316 g/mol. The van der Waals surface area contributed by atoms with Crippen molar-refractivity contribution in [2.75, 3.05) is 13.1 Å². The first-order valence-electron chi connectivity index (χ1n) is 6.26. The number of rotatable bonds is 3. The molecule has 0 aromatic heterocycles. The SMILES string of the molecule is Cc1cc([N+](=O)[O-])cc(S(=O)(=O)N2C[C@@H](O)[C@@H](O)C2)c1C. The van der Waals surface area contributed by atoms with Crippen molar-refractivity contribution in [1.82, 2.24) is 4.31 Å². The molecule has 21 heavy (non-hydrogen) atoms. The molecule has 8 nitrogen and oxygen atoms in total.